The van der Waals surface area contributed by atoms with Crippen LogP contribution >= 0.6 is 0 Å². The molecule has 0 rings (SSSR count). The highest BCUT2D eigenvalue weighted by Gasteiger charge is 2.39. The number of hydrogen-bond donors (Lipinski definition) is 1. The molecule has 1 N–H and O–H groups in total. The monoisotopic (exact) mass is 388 g/mol. The minimum atomic E-state index is -1.86. The molecule has 0 amide bonds. The summed E-state index contributed by atoms with van der Waals surface area (Å²) in [6, 6.07) is 0. The first-order valence-corrected chi connectivity index (χ1v) is 15.4. The van der Waals surface area contributed by atoms with Gasteiger partial charge in [0.2, 0.25) is 0 Å². The normalized spacial score (nSPS) is 17.6. The van der Waals surface area contributed by atoms with Gasteiger partial charge in [0.25, 0.3) is 0 Å². The second kappa shape index (κ2) is 8.83. The molecule has 0 saturated carbocycles. The molecule has 0 bridgehead atoms. The molecule has 0 unspecified atom stereocenters. The lowest BCUT2D eigenvalue weighted by atomic mass is 10.1. The van der Waals surface area contributed by atoms with Crippen LogP contribution < -0.4 is 0 Å². The average molecular weight is 389 g/mol. The molecule has 3 nitrogen and oxygen atoms in total. The fourth-order valence-electron chi connectivity index (χ4n) is 1.91. The first kappa shape index (κ1) is 25.1. The summed E-state index contributed by atoms with van der Waals surface area (Å²) in [7, 11) is -3.56. The maximum absolute atomic E-state index is 10.5. The Balaban J connectivity index is 4.64. The van der Waals surface area contributed by atoms with E-state index in [1.807, 2.05) is 13.0 Å². The maximum Gasteiger partial charge on any atom is 0.192 e. The molecule has 0 aromatic carbocycles. The van der Waals surface area contributed by atoms with Gasteiger partial charge in [-0.3, -0.25) is 0 Å². The van der Waals surface area contributed by atoms with Crippen LogP contribution in [0.15, 0.2) is 11.6 Å². The summed E-state index contributed by atoms with van der Waals surface area (Å²) in [4.78, 5) is 0. The molecule has 2 atom stereocenters. The quantitative estimate of drug-likeness (QED) is 0.402. The summed E-state index contributed by atoms with van der Waals surface area (Å²) in [5.74, 6) is 0. The highest BCUT2D eigenvalue weighted by atomic mass is 28.4. The zero-order valence-corrected chi connectivity index (χ0v) is 20.9. The lowest BCUT2D eigenvalue weighted by Crippen LogP contribution is -2.45. The Bertz CT molecular complexity index is 443. The van der Waals surface area contributed by atoms with Gasteiger partial charge in [0.05, 0.1) is 12.2 Å². The Morgan fingerprint density at radius 2 is 1.40 bits per heavy atom. The molecule has 0 aromatic rings. The van der Waals surface area contributed by atoms with E-state index in [1.165, 1.54) is 0 Å². The molecular weight excluding hydrogens is 344 g/mol. The summed E-state index contributed by atoms with van der Waals surface area (Å²) < 4.78 is 12.5. The van der Waals surface area contributed by atoms with Gasteiger partial charge in [-0.05, 0) is 56.5 Å². The fourth-order valence-corrected chi connectivity index (χ4v) is 4.37. The molecule has 5 heteroatoms. The van der Waals surface area contributed by atoms with Crippen LogP contribution in [0.5, 0.6) is 0 Å². The van der Waals surface area contributed by atoms with Crippen molar-refractivity contribution < 1.29 is 14.0 Å². The summed E-state index contributed by atoms with van der Waals surface area (Å²) >= 11 is 0. The molecule has 0 aliphatic carbocycles. The van der Waals surface area contributed by atoms with E-state index >= 15 is 0 Å². The first-order valence-electron chi connectivity index (χ1n) is 9.58. The molecule has 0 saturated heterocycles. The van der Waals surface area contributed by atoms with Gasteiger partial charge in [0.15, 0.2) is 16.6 Å². The Kier molecular flexibility index (Phi) is 8.85. The van der Waals surface area contributed by atoms with Gasteiger partial charge in [-0.1, -0.05) is 53.2 Å². The lowest BCUT2D eigenvalue weighted by molar-refractivity contribution is 0.0686. The Labute approximate surface area is 159 Å². The van der Waals surface area contributed by atoms with Crippen LogP contribution in [-0.4, -0.2) is 40.6 Å². The van der Waals surface area contributed by atoms with E-state index in [0.717, 1.165) is 18.6 Å². The van der Waals surface area contributed by atoms with Gasteiger partial charge in [-0.2, -0.15) is 0 Å². The van der Waals surface area contributed by atoms with Gasteiger partial charge < -0.3 is 14.0 Å². The molecule has 0 aliphatic heterocycles. The number of rotatable bonds is 8. The maximum atomic E-state index is 10.5. The molecule has 0 spiro atoms. The highest BCUT2D eigenvalue weighted by molar-refractivity contribution is 6.74. The van der Waals surface area contributed by atoms with Crippen molar-refractivity contribution in [1.82, 2.24) is 0 Å². The largest absolute Gasteiger partial charge is 0.417 e. The third-order valence-electron chi connectivity index (χ3n) is 5.99. The van der Waals surface area contributed by atoms with E-state index in [-0.39, 0.29) is 16.2 Å². The second-order valence-corrected chi connectivity index (χ2v) is 20.0. The van der Waals surface area contributed by atoms with Crippen molar-refractivity contribution in [3.63, 3.8) is 0 Å². The van der Waals surface area contributed by atoms with E-state index in [2.05, 4.69) is 74.7 Å². The minimum absolute atomic E-state index is 0.150. The zero-order chi connectivity index (χ0) is 20.3. The Morgan fingerprint density at radius 3 is 1.80 bits per heavy atom. The SMILES string of the molecule is C/C(=C\[C@@H](O)[C@H](C)O[Si](C)(C)C(C)(C)C)CCO[Si](C)(C)C(C)(C)C. The summed E-state index contributed by atoms with van der Waals surface area (Å²) in [5.41, 5.74) is 1.16. The van der Waals surface area contributed by atoms with Crippen molar-refractivity contribution in [3.8, 4) is 0 Å². The Morgan fingerprint density at radius 1 is 0.960 bits per heavy atom. The van der Waals surface area contributed by atoms with Crippen molar-refractivity contribution in [2.45, 2.75) is 110 Å². The second-order valence-electron chi connectivity index (χ2n) is 10.4. The summed E-state index contributed by atoms with van der Waals surface area (Å²) in [6.45, 7) is 27.2. The van der Waals surface area contributed by atoms with Crippen molar-refractivity contribution in [2.24, 2.45) is 0 Å². The Hall–Kier alpha value is 0.0538. The molecule has 0 heterocycles. The number of aliphatic hydroxyl groups excluding tert-OH is 1. The van der Waals surface area contributed by atoms with Crippen molar-refractivity contribution in [3.05, 3.63) is 11.6 Å². The van der Waals surface area contributed by atoms with E-state index in [0.29, 0.717) is 0 Å². The number of aliphatic hydroxyl groups is 1. The zero-order valence-electron chi connectivity index (χ0n) is 18.9. The molecule has 25 heavy (non-hydrogen) atoms. The van der Waals surface area contributed by atoms with Crippen LogP contribution in [-0.2, 0) is 8.85 Å². The average Bonchev–Trinajstić information content (AvgIpc) is 2.34. The van der Waals surface area contributed by atoms with Crippen molar-refractivity contribution >= 4 is 16.6 Å². The van der Waals surface area contributed by atoms with Crippen LogP contribution in [0.4, 0.5) is 0 Å². The van der Waals surface area contributed by atoms with Crippen LogP contribution in [0.3, 0.4) is 0 Å². The van der Waals surface area contributed by atoms with Gasteiger partial charge >= 0.3 is 0 Å². The molecule has 150 valence electrons. The molecule has 0 fully saturated rings. The van der Waals surface area contributed by atoms with Gasteiger partial charge in [0, 0.05) is 6.61 Å². The van der Waals surface area contributed by atoms with Crippen LogP contribution in [0.1, 0.15) is 61.8 Å². The smallest absolute Gasteiger partial charge is 0.192 e. The third-order valence-corrected chi connectivity index (χ3v) is 15.1. The first-order chi connectivity index (χ1) is 10.9. The fraction of sp³-hybridized carbons (Fsp3) is 0.900. The van der Waals surface area contributed by atoms with Crippen molar-refractivity contribution in [2.75, 3.05) is 6.61 Å². The highest BCUT2D eigenvalue weighted by Crippen LogP contribution is 2.38. The summed E-state index contributed by atoms with van der Waals surface area (Å²) in [5, 5.41) is 10.9. The molecule has 0 radical (unpaired) electrons. The van der Waals surface area contributed by atoms with Crippen LogP contribution in [0.25, 0.3) is 0 Å². The minimum Gasteiger partial charge on any atom is -0.417 e. The van der Waals surface area contributed by atoms with Crippen LogP contribution in [0, 0.1) is 0 Å². The molecular formula is C20H44O3Si2. The topological polar surface area (TPSA) is 38.7 Å². The van der Waals surface area contributed by atoms with E-state index in [4.69, 9.17) is 8.85 Å². The van der Waals surface area contributed by atoms with Gasteiger partial charge in [-0.25, -0.2) is 0 Å². The third kappa shape index (κ3) is 8.08. The van der Waals surface area contributed by atoms with Crippen LogP contribution in [0.2, 0.25) is 36.3 Å². The number of hydrogen-bond acceptors (Lipinski definition) is 3. The van der Waals surface area contributed by atoms with Crippen molar-refractivity contribution in [1.29, 1.82) is 0 Å². The van der Waals surface area contributed by atoms with Gasteiger partial charge in [-0.15, -0.1) is 0 Å². The standard InChI is InChI=1S/C20H44O3Si2/c1-16(13-14-22-24(9,10)19(3,4)5)15-18(21)17(2)23-25(11,12)20(6,7)8/h15,17-18,21H,13-14H2,1-12H3/b16-15+/t17-,18+/m0/s1. The summed E-state index contributed by atoms with van der Waals surface area (Å²) in [6.07, 6.45) is 2.04. The van der Waals surface area contributed by atoms with E-state index < -0.39 is 22.7 Å². The predicted molar refractivity (Wildman–Crippen MR) is 115 cm³/mol. The predicted octanol–water partition coefficient (Wildman–Crippen LogP) is 6.12. The van der Waals surface area contributed by atoms with E-state index in [1.54, 1.807) is 0 Å². The molecule has 0 aliphatic rings. The van der Waals surface area contributed by atoms with Gasteiger partial charge in [0.1, 0.15) is 0 Å². The lowest BCUT2D eigenvalue weighted by Gasteiger charge is -2.39. The van der Waals surface area contributed by atoms with E-state index in [9.17, 15) is 5.11 Å². The molecule has 0 aromatic heterocycles.